The Labute approximate surface area is 83.6 Å². The Hall–Kier alpha value is -1.51. The fourth-order valence-electron chi connectivity index (χ4n) is 1.56. The molecule has 0 spiro atoms. The third kappa shape index (κ3) is 2.25. The molecule has 2 rings (SSSR count). The summed E-state index contributed by atoms with van der Waals surface area (Å²) in [6, 6.07) is 11.0. The maximum Gasteiger partial charge on any atom is 0.282 e. The summed E-state index contributed by atoms with van der Waals surface area (Å²) in [5.74, 6) is 0. The molecule has 1 heterocycles. The minimum absolute atomic E-state index is 0.246. The summed E-state index contributed by atoms with van der Waals surface area (Å²) in [6.07, 6.45) is 2.04. The molecule has 3 heteroatoms. The fraction of sp³-hybridized carbons (Fsp3) is 0.364. The summed E-state index contributed by atoms with van der Waals surface area (Å²) < 4.78 is 5.08. The minimum Gasteiger partial charge on any atom is -0.463 e. The molecule has 2 N–H and O–H groups in total. The number of nitrogens with two attached hydrogens (primary N) is 1. The van der Waals surface area contributed by atoms with Gasteiger partial charge >= 0.3 is 0 Å². The zero-order chi connectivity index (χ0) is 9.80. The van der Waals surface area contributed by atoms with E-state index in [0.717, 1.165) is 12.8 Å². The topological polar surface area (TPSA) is 47.6 Å². The van der Waals surface area contributed by atoms with Gasteiger partial charge < -0.3 is 10.5 Å². The minimum atomic E-state index is 0.246. The van der Waals surface area contributed by atoms with Crippen LogP contribution in [0.4, 0.5) is 0 Å². The van der Waals surface area contributed by atoms with E-state index in [1.165, 1.54) is 5.56 Å². The van der Waals surface area contributed by atoms with Crippen molar-refractivity contribution in [1.82, 2.24) is 0 Å². The van der Waals surface area contributed by atoms with Gasteiger partial charge in [-0.25, -0.2) is 4.99 Å². The molecule has 74 valence electrons. The van der Waals surface area contributed by atoms with E-state index in [1.807, 2.05) is 6.07 Å². The Morgan fingerprint density at radius 3 is 2.79 bits per heavy atom. The molecule has 1 aliphatic rings. The van der Waals surface area contributed by atoms with Crippen LogP contribution in [0.5, 0.6) is 0 Å². The molecule has 1 atom stereocenters. The van der Waals surface area contributed by atoms with E-state index < -0.39 is 0 Å². The maximum absolute atomic E-state index is 5.42. The van der Waals surface area contributed by atoms with Gasteiger partial charge in [0.1, 0.15) is 6.61 Å². The number of aliphatic imine (C=N–C) groups is 1. The van der Waals surface area contributed by atoms with Crippen molar-refractivity contribution in [3.63, 3.8) is 0 Å². The summed E-state index contributed by atoms with van der Waals surface area (Å²) in [6.45, 7) is 0.638. The van der Waals surface area contributed by atoms with Crippen LogP contribution in [-0.2, 0) is 11.2 Å². The average Bonchev–Trinajstić information content (AvgIpc) is 2.63. The molecule has 0 bridgehead atoms. The van der Waals surface area contributed by atoms with Crippen LogP contribution in [0.2, 0.25) is 0 Å². The molecule has 0 unspecified atom stereocenters. The SMILES string of the molecule is NC1=N[C@@H](CCc2ccccc2)CO1. The second kappa shape index (κ2) is 4.13. The fourth-order valence-corrected chi connectivity index (χ4v) is 1.56. The maximum atomic E-state index is 5.42. The van der Waals surface area contributed by atoms with Gasteiger partial charge in [-0.05, 0) is 18.4 Å². The Morgan fingerprint density at radius 2 is 2.14 bits per heavy atom. The van der Waals surface area contributed by atoms with Crippen LogP contribution in [-0.4, -0.2) is 18.7 Å². The zero-order valence-electron chi connectivity index (χ0n) is 8.02. The van der Waals surface area contributed by atoms with Crippen LogP contribution >= 0.6 is 0 Å². The highest BCUT2D eigenvalue weighted by atomic mass is 16.5. The Bertz CT molecular complexity index is 321. The van der Waals surface area contributed by atoms with Gasteiger partial charge in [0, 0.05) is 0 Å². The number of hydrogen-bond donors (Lipinski definition) is 1. The van der Waals surface area contributed by atoms with E-state index in [2.05, 4.69) is 29.3 Å². The molecular weight excluding hydrogens is 176 g/mol. The molecule has 14 heavy (non-hydrogen) atoms. The first kappa shape index (κ1) is 9.06. The Morgan fingerprint density at radius 1 is 1.36 bits per heavy atom. The molecule has 3 nitrogen and oxygen atoms in total. The van der Waals surface area contributed by atoms with Gasteiger partial charge in [-0.3, -0.25) is 0 Å². The second-order valence-corrected chi connectivity index (χ2v) is 3.46. The number of nitrogens with zero attached hydrogens (tertiary/aromatic N) is 1. The summed E-state index contributed by atoms with van der Waals surface area (Å²) in [5, 5.41) is 0. The summed E-state index contributed by atoms with van der Waals surface area (Å²) in [4.78, 5) is 4.18. The average molecular weight is 190 g/mol. The van der Waals surface area contributed by atoms with E-state index in [4.69, 9.17) is 10.5 Å². The van der Waals surface area contributed by atoms with Gasteiger partial charge in [0.05, 0.1) is 6.04 Å². The standard InChI is InChI=1S/C11H14N2O/c12-11-13-10(8-14-11)7-6-9-4-2-1-3-5-9/h1-5,10H,6-8H2,(H2,12,13)/t10-/m0/s1. The molecule has 0 saturated carbocycles. The number of aryl methyl sites for hydroxylation is 1. The first-order chi connectivity index (χ1) is 6.84. The lowest BCUT2D eigenvalue weighted by atomic mass is 10.1. The zero-order valence-corrected chi connectivity index (χ0v) is 8.02. The van der Waals surface area contributed by atoms with Crippen molar-refractivity contribution in [2.24, 2.45) is 10.7 Å². The predicted molar refractivity (Wildman–Crippen MR) is 56.1 cm³/mol. The van der Waals surface area contributed by atoms with Crippen LogP contribution in [0.15, 0.2) is 35.3 Å². The highest BCUT2D eigenvalue weighted by Crippen LogP contribution is 2.11. The lowest BCUT2D eigenvalue weighted by Crippen LogP contribution is -2.10. The van der Waals surface area contributed by atoms with Crippen molar-refractivity contribution in [2.75, 3.05) is 6.61 Å². The van der Waals surface area contributed by atoms with Crippen LogP contribution in [0, 0.1) is 0 Å². The summed E-state index contributed by atoms with van der Waals surface area (Å²) in [5.41, 5.74) is 6.76. The number of ether oxygens (including phenoxy) is 1. The van der Waals surface area contributed by atoms with Gasteiger partial charge in [-0.2, -0.15) is 0 Å². The summed E-state index contributed by atoms with van der Waals surface area (Å²) >= 11 is 0. The van der Waals surface area contributed by atoms with Crippen LogP contribution in [0.25, 0.3) is 0 Å². The van der Waals surface area contributed by atoms with Crippen molar-refractivity contribution in [3.05, 3.63) is 35.9 Å². The largest absolute Gasteiger partial charge is 0.463 e. The third-order valence-electron chi connectivity index (χ3n) is 2.34. The molecule has 0 aliphatic carbocycles. The lowest BCUT2D eigenvalue weighted by Gasteiger charge is -2.04. The van der Waals surface area contributed by atoms with Crippen molar-refractivity contribution in [3.8, 4) is 0 Å². The van der Waals surface area contributed by atoms with Crippen molar-refractivity contribution < 1.29 is 4.74 Å². The van der Waals surface area contributed by atoms with Crippen molar-refractivity contribution in [2.45, 2.75) is 18.9 Å². The van der Waals surface area contributed by atoms with Gasteiger partial charge in [-0.1, -0.05) is 30.3 Å². The third-order valence-corrected chi connectivity index (χ3v) is 2.34. The Kier molecular flexibility index (Phi) is 2.68. The van der Waals surface area contributed by atoms with Crippen LogP contribution in [0.1, 0.15) is 12.0 Å². The molecule has 0 radical (unpaired) electrons. The normalized spacial score (nSPS) is 20.3. The highest BCUT2D eigenvalue weighted by molar-refractivity contribution is 5.72. The van der Waals surface area contributed by atoms with E-state index in [0.29, 0.717) is 12.6 Å². The second-order valence-electron chi connectivity index (χ2n) is 3.46. The molecule has 0 amide bonds. The van der Waals surface area contributed by atoms with Crippen molar-refractivity contribution >= 4 is 6.02 Å². The molecule has 0 saturated heterocycles. The Balaban J connectivity index is 1.84. The highest BCUT2D eigenvalue weighted by Gasteiger charge is 2.15. The van der Waals surface area contributed by atoms with Crippen LogP contribution in [0.3, 0.4) is 0 Å². The number of amidine groups is 1. The molecule has 0 fully saturated rings. The molecule has 1 aromatic carbocycles. The van der Waals surface area contributed by atoms with E-state index in [-0.39, 0.29) is 6.04 Å². The molecule has 1 aliphatic heterocycles. The smallest absolute Gasteiger partial charge is 0.282 e. The van der Waals surface area contributed by atoms with E-state index >= 15 is 0 Å². The quantitative estimate of drug-likeness (QED) is 0.781. The first-order valence-corrected chi connectivity index (χ1v) is 4.84. The monoisotopic (exact) mass is 190 g/mol. The van der Waals surface area contributed by atoms with Crippen LogP contribution < -0.4 is 5.73 Å². The molecule has 1 aromatic rings. The molecule has 0 aromatic heterocycles. The first-order valence-electron chi connectivity index (χ1n) is 4.84. The van der Waals surface area contributed by atoms with Gasteiger partial charge in [-0.15, -0.1) is 0 Å². The van der Waals surface area contributed by atoms with Gasteiger partial charge in [0.15, 0.2) is 0 Å². The molecular formula is C11H14N2O. The van der Waals surface area contributed by atoms with Gasteiger partial charge in [0.25, 0.3) is 6.02 Å². The predicted octanol–water partition coefficient (Wildman–Crippen LogP) is 1.33. The lowest BCUT2D eigenvalue weighted by molar-refractivity contribution is 0.308. The van der Waals surface area contributed by atoms with Crippen molar-refractivity contribution in [1.29, 1.82) is 0 Å². The van der Waals surface area contributed by atoms with E-state index in [1.54, 1.807) is 0 Å². The summed E-state index contributed by atoms with van der Waals surface area (Å²) in [7, 11) is 0. The number of benzene rings is 1. The number of hydrogen-bond acceptors (Lipinski definition) is 3. The van der Waals surface area contributed by atoms with Gasteiger partial charge in [0.2, 0.25) is 0 Å². The van der Waals surface area contributed by atoms with E-state index in [9.17, 15) is 0 Å². The number of rotatable bonds is 3.